The van der Waals surface area contributed by atoms with Crippen molar-refractivity contribution in [3.05, 3.63) is 11.8 Å². The maximum Gasteiger partial charge on any atom is 0.243 e. The molecule has 0 bridgehead atoms. The van der Waals surface area contributed by atoms with E-state index in [1.165, 1.54) is 0 Å². The maximum absolute atomic E-state index is 12.1. The summed E-state index contributed by atoms with van der Waals surface area (Å²) < 4.78 is 9.83. The fourth-order valence-corrected chi connectivity index (χ4v) is 1.71. The van der Waals surface area contributed by atoms with Gasteiger partial charge in [-0.1, -0.05) is 5.16 Å². The molecule has 0 unspecified atom stereocenters. The lowest BCUT2D eigenvalue weighted by atomic mass is 10.2. The SMILES string of the molecule is COCCCNC(=O)CN(C)[C@H](C)C(=O)Nc1cc(C)no1. The normalized spacial score (nSPS) is 12.2. The number of amides is 2. The van der Waals surface area contributed by atoms with Crippen LogP contribution in [0, 0.1) is 6.92 Å². The van der Waals surface area contributed by atoms with Crippen molar-refractivity contribution < 1.29 is 18.8 Å². The molecule has 0 aliphatic heterocycles. The van der Waals surface area contributed by atoms with Crippen molar-refractivity contribution in [3.8, 4) is 0 Å². The molecule has 1 heterocycles. The second-order valence-corrected chi connectivity index (χ2v) is 5.11. The van der Waals surface area contributed by atoms with Crippen LogP contribution in [0.3, 0.4) is 0 Å². The molecule has 1 atom stereocenters. The number of rotatable bonds is 9. The maximum atomic E-state index is 12.1. The van der Waals surface area contributed by atoms with Crippen LogP contribution in [0.2, 0.25) is 0 Å². The number of nitrogens with zero attached hydrogens (tertiary/aromatic N) is 2. The van der Waals surface area contributed by atoms with Gasteiger partial charge in [-0.2, -0.15) is 0 Å². The third-order valence-electron chi connectivity index (χ3n) is 3.16. The highest BCUT2D eigenvalue weighted by Crippen LogP contribution is 2.09. The summed E-state index contributed by atoms with van der Waals surface area (Å²) in [5, 5.41) is 9.09. The summed E-state index contributed by atoms with van der Waals surface area (Å²) in [6.45, 7) is 4.78. The zero-order valence-electron chi connectivity index (χ0n) is 13.5. The van der Waals surface area contributed by atoms with E-state index in [-0.39, 0.29) is 18.4 Å². The van der Waals surface area contributed by atoms with Gasteiger partial charge in [-0.25, -0.2) is 0 Å². The summed E-state index contributed by atoms with van der Waals surface area (Å²) in [6, 6.07) is 1.16. The van der Waals surface area contributed by atoms with Gasteiger partial charge >= 0.3 is 0 Å². The van der Waals surface area contributed by atoms with Crippen molar-refractivity contribution in [2.45, 2.75) is 26.3 Å². The Morgan fingerprint density at radius 1 is 1.50 bits per heavy atom. The van der Waals surface area contributed by atoms with Crippen LogP contribution < -0.4 is 10.6 Å². The lowest BCUT2D eigenvalue weighted by molar-refractivity contribution is -0.124. The summed E-state index contributed by atoms with van der Waals surface area (Å²) in [7, 11) is 3.33. The van der Waals surface area contributed by atoms with Crippen LogP contribution in [0.4, 0.5) is 5.88 Å². The van der Waals surface area contributed by atoms with Crippen molar-refractivity contribution in [1.29, 1.82) is 0 Å². The van der Waals surface area contributed by atoms with E-state index in [1.807, 2.05) is 0 Å². The summed E-state index contributed by atoms with van der Waals surface area (Å²) in [5.74, 6) is -0.0913. The van der Waals surface area contributed by atoms with Gasteiger partial charge in [-0.05, 0) is 27.3 Å². The minimum absolute atomic E-state index is 0.131. The third-order valence-corrected chi connectivity index (χ3v) is 3.16. The molecule has 124 valence electrons. The highest BCUT2D eigenvalue weighted by atomic mass is 16.5. The lowest BCUT2D eigenvalue weighted by Gasteiger charge is -2.22. The van der Waals surface area contributed by atoms with Gasteiger partial charge in [-0.3, -0.25) is 19.8 Å². The number of methoxy groups -OCH3 is 1. The van der Waals surface area contributed by atoms with Crippen LogP contribution in [-0.4, -0.2) is 61.8 Å². The van der Waals surface area contributed by atoms with Crippen molar-refractivity contribution in [2.24, 2.45) is 0 Å². The van der Waals surface area contributed by atoms with E-state index in [9.17, 15) is 9.59 Å². The summed E-state index contributed by atoms with van der Waals surface area (Å²) in [5.41, 5.74) is 0.687. The van der Waals surface area contributed by atoms with Crippen LogP contribution in [0.5, 0.6) is 0 Å². The molecule has 0 saturated heterocycles. The van der Waals surface area contributed by atoms with Crippen molar-refractivity contribution in [2.75, 3.05) is 39.2 Å². The van der Waals surface area contributed by atoms with E-state index in [1.54, 1.807) is 39.0 Å². The van der Waals surface area contributed by atoms with Gasteiger partial charge in [0.2, 0.25) is 17.7 Å². The summed E-state index contributed by atoms with van der Waals surface area (Å²) in [6.07, 6.45) is 0.757. The number of anilines is 1. The predicted octanol–water partition coefficient (Wildman–Crippen LogP) is 0.395. The molecule has 0 aromatic carbocycles. The average Bonchev–Trinajstić information content (AvgIpc) is 2.87. The third kappa shape index (κ3) is 6.23. The number of carbonyl (C=O) groups is 2. The molecule has 0 radical (unpaired) electrons. The number of aromatic nitrogens is 1. The largest absolute Gasteiger partial charge is 0.385 e. The molecule has 1 aromatic heterocycles. The second kappa shape index (κ2) is 9.16. The van der Waals surface area contributed by atoms with Crippen LogP contribution >= 0.6 is 0 Å². The fourth-order valence-electron chi connectivity index (χ4n) is 1.71. The van der Waals surface area contributed by atoms with Gasteiger partial charge in [0, 0.05) is 26.3 Å². The van der Waals surface area contributed by atoms with E-state index in [4.69, 9.17) is 9.26 Å². The van der Waals surface area contributed by atoms with Gasteiger partial charge < -0.3 is 14.6 Å². The first-order valence-electron chi connectivity index (χ1n) is 7.14. The molecule has 22 heavy (non-hydrogen) atoms. The Bertz CT molecular complexity index is 489. The highest BCUT2D eigenvalue weighted by Gasteiger charge is 2.21. The Balaban J connectivity index is 2.35. The van der Waals surface area contributed by atoms with E-state index in [0.717, 1.165) is 6.42 Å². The van der Waals surface area contributed by atoms with Gasteiger partial charge in [0.1, 0.15) is 0 Å². The Morgan fingerprint density at radius 3 is 2.82 bits per heavy atom. The molecule has 0 saturated carbocycles. The van der Waals surface area contributed by atoms with Gasteiger partial charge in [0.15, 0.2) is 0 Å². The fraction of sp³-hybridized carbons (Fsp3) is 0.643. The first-order valence-corrected chi connectivity index (χ1v) is 7.14. The van der Waals surface area contributed by atoms with Crippen molar-refractivity contribution in [1.82, 2.24) is 15.4 Å². The Labute approximate surface area is 130 Å². The van der Waals surface area contributed by atoms with Gasteiger partial charge in [0.05, 0.1) is 18.3 Å². The molecule has 1 rings (SSSR count). The number of hydrogen-bond donors (Lipinski definition) is 2. The standard InChI is InChI=1S/C14H24N4O4/c1-10-8-13(22-17-10)16-14(20)11(2)18(3)9-12(19)15-6-5-7-21-4/h8,11H,5-7,9H2,1-4H3,(H,15,19)(H,16,20)/t11-/m1/s1. The van der Waals surface area contributed by atoms with Crippen LogP contribution in [0.1, 0.15) is 19.0 Å². The first kappa shape index (κ1) is 18.1. The number of ether oxygens (including phenoxy) is 1. The van der Waals surface area contributed by atoms with Crippen LogP contribution in [0.25, 0.3) is 0 Å². The monoisotopic (exact) mass is 312 g/mol. The van der Waals surface area contributed by atoms with E-state index < -0.39 is 6.04 Å². The molecule has 0 aliphatic rings. The Kier molecular flexibility index (Phi) is 7.55. The smallest absolute Gasteiger partial charge is 0.243 e. The zero-order chi connectivity index (χ0) is 16.5. The van der Waals surface area contributed by atoms with E-state index in [0.29, 0.717) is 24.7 Å². The number of nitrogens with one attached hydrogen (secondary N) is 2. The van der Waals surface area contributed by atoms with Gasteiger partial charge in [0.25, 0.3) is 0 Å². The van der Waals surface area contributed by atoms with Crippen LogP contribution in [-0.2, 0) is 14.3 Å². The summed E-state index contributed by atoms with van der Waals surface area (Å²) >= 11 is 0. The minimum Gasteiger partial charge on any atom is -0.385 e. The molecule has 8 nitrogen and oxygen atoms in total. The van der Waals surface area contributed by atoms with Gasteiger partial charge in [-0.15, -0.1) is 0 Å². The van der Waals surface area contributed by atoms with Crippen molar-refractivity contribution in [3.63, 3.8) is 0 Å². The minimum atomic E-state index is -0.477. The van der Waals surface area contributed by atoms with Crippen LogP contribution in [0.15, 0.2) is 10.6 Å². The number of aryl methyl sites for hydroxylation is 1. The average molecular weight is 312 g/mol. The molecule has 1 aromatic rings. The predicted molar refractivity (Wildman–Crippen MR) is 81.5 cm³/mol. The van der Waals surface area contributed by atoms with E-state index >= 15 is 0 Å². The Hall–Kier alpha value is -1.93. The molecule has 0 spiro atoms. The topological polar surface area (TPSA) is 96.7 Å². The van der Waals surface area contributed by atoms with Crippen molar-refractivity contribution >= 4 is 17.7 Å². The molecule has 0 aliphatic carbocycles. The number of likely N-dealkylation sites (N-methyl/N-ethyl adjacent to an activating group) is 1. The number of hydrogen-bond acceptors (Lipinski definition) is 6. The number of carbonyl (C=O) groups excluding carboxylic acids is 2. The molecule has 8 heteroatoms. The first-order chi connectivity index (χ1) is 10.4. The highest BCUT2D eigenvalue weighted by molar-refractivity contribution is 5.93. The molecular weight excluding hydrogens is 288 g/mol. The summed E-state index contributed by atoms with van der Waals surface area (Å²) in [4.78, 5) is 25.5. The lowest BCUT2D eigenvalue weighted by Crippen LogP contribution is -2.45. The molecule has 0 fully saturated rings. The molecule has 2 N–H and O–H groups in total. The quantitative estimate of drug-likeness (QED) is 0.641. The molecular formula is C14H24N4O4. The second-order valence-electron chi connectivity index (χ2n) is 5.11. The molecule has 2 amide bonds. The zero-order valence-corrected chi connectivity index (χ0v) is 13.5. The van der Waals surface area contributed by atoms with E-state index in [2.05, 4.69) is 15.8 Å². The Morgan fingerprint density at radius 2 is 2.23 bits per heavy atom.